The minimum Gasteiger partial charge on any atom is -0.309 e. The Balaban J connectivity index is 1.59. The van der Waals surface area contributed by atoms with Gasteiger partial charge in [-0.15, -0.1) is 0 Å². The standard InChI is InChI=1S/C16H27ClN4/c1-13-15(17)14(20-19-13)11-18-12-16(7-3-4-8-16)21-9-5-2-6-10-21/h18H,2-12H2,1H3,(H,19,20). The van der Waals surface area contributed by atoms with E-state index >= 15 is 0 Å². The normalized spacial score (nSPS) is 22.8. The second-order valence-corrected chi connectivity index (χ2v) is 7.07. The molecule has 0 radical (unpaired) electrons. The zero-order valence-electron chi connectivity index (χ0n) is 13.1. The molecule has 1 saturated carbocycles. The monoisotopic (exact) mass is 310 g/mol. The Morgan fingerprint density at radius 2 is 1.90 bits per heavy atom. The Labute approximate surface area is 132 Å². The number of likely N-dealkylation sites (tertiary alicyclic amines) is 1. The molecular weight excluding hydrogens is 284 g/mol. The summed E-state index contributed by atoms with van der Waals surface area (Å²) in [5.41, 5.74) is 2.29. The van der Waals surface area contributed by atoms with Crippen LogP contribution in [0.5, 0.6) is 0 Å². The highest BCUT2D eigenvalue weighted by Crippen LogP contribution is 2.36. The molecule has 0 amide bonds. The molecule has 1 saturated heterocycles. The number of nitrogens with zero attached hydrogens (tertiary/aromatic N) is 2. The quantitative estimate of drug-likeness (QED) is 0.877. The van der Waals surface area contributed by atoms with Crippen LogP contribution in [0.15, 0.2) is 0 Å². The molecule has 0 spiro atoms. The summed E-state index contributed by atoms with van der Waals surface area (Å²) in [5, 5.41) is 11.6. The van der Waals surface area contributed by atoms with Gasteiger partial charge in [0.05, 0.1) is 16.4 Å². The van der Waals surface area contributed by atoms with Crippen molar-refractivity contribution >= 4 is 11.6 Å². The Hall–Kier alpha value is -0.580. The average Bonchev–Trinajstić information content (AvgIpc) is 3.11. The molecule has 2 heterocycles. The number of H-pyrrole nitrogens is 1. The largest absolute Gasteiger partial charge is 0.309 e. The van der Waals surface area contributed by atoms with E-state index in [0.29, 0.717) is 5.54 Å². The van der Waals surface area contributed by atoms with Crippen molar-refractivity contribution in [2.45, 2.75) is 64.0 Å². The first-order valence-electron chi connectivity index (χ1n) is 8.36. The number of hydrogen-bond acceptors (Lipinski definition) is 3. The molecule has 2 fully saturated rings. The molecule has 1 aromatic heterocycles. The molecule has 1 aromatic rings. The third-order valence-electron chi connectivity index (χ3n) is 5.25. The zero-order valence-corrected chi connectivity index (χ0v) is 13.8. The van der Waals surface area contributed by atoms with E-state index < -0.39 is 0 Å². The Morgan fingerprint density at radius 3 is 2.52 bits per heavy atom. The third-order valence-corrected chi connectivity index (χ3v) is 5.75. The fourth-order valence-corrected chi connectivity index (χ4v) is 4.15. The number of halogens is 1. The predicted octanol–water partition coefficient (Wildman–Crippen LogP) is 3.26. The van der Waals surface area contributed by atoms with Gasteiger partial charge in [0.25, 0.3) is 0 Å². The Morgan fingerprint density at radius 1 is 1.19 bits per heavy atom. The molecule has 3 rings (SSSR count). The van der Waals surface area contributed by atoms with Crippen molar-refractivity contribution < 1.29 is 0 Å². The minimum atomic E-state index is 0.387. The van der Waals surface area contributed by atoms with E-state index in [1.165, 1.54) is 58.0 Å². The molecule has 5 heteroatoms. The molecular formula is C16H27ClN4. The van der Waals surface area contributed by atoms with Crippen LogP contribution in [-0.2, 0) is 6.54 Å². The Bertz CT molecular complexity index is 459. The smallest absolute Gasteiger partial charge is 0.0948 e. The number of nitrogens with one attached hydrogen (secondary N) is 2. The fourth-order valence-electron chi connectivity index (χ4n) is 4.00. The van der Waals surface area contributed by atoms with E-state index in [1.54, 1.807) is 0 Å². The van der Waals surface area contributed by atoms with Crippen molar-refractivity contribution in [1.29, 1.82) is 0 Å². The van der Waals surface area contributed by atoms with Gasteiger partial charge in [0.1, 0.15) is 0 Å². The van der Waals surface area contributed by atoms with Gasteiger partial charge in [0.15, 0.2) is 0 Å². The first-order valence-corrected chi connectivity index (χ1v) is 8.74. The summed E-state index contributed by atoms with van der Waals surface area (Å²) >= 11 is 6.24. The number of rotatable bonds is 5. The molecule has 0 unspecified atom stereocenters. The molecule has 4 nitrogen and oxygen atoms in total. The molecule has 0 aromatic carbocycles. The van der Waals surface area contributed by atoms with E-state index in [1.807, 2.05) is 6.92 Å². The van der Waals surface area contributed by atoms with Gasteiger partial charge in [-0.3, -0.25) is 10.00 Å². The summed E-state index contributed by atoms with van der Waals surface area (Å²) in [4.78, 5) is 2.76. The van der Waals surface area contributed by atoms with E-state index in [-0.39, 0.29) is 0 Å². The average molecular weight is 311 g/mol. The van der Waals surface area contributed by atoms with Gasteiger partial charge in [0, 0.05) is 18.6 Å². The number of aromatic amines is 1. The fraction of sp³-hybridized carbons (Fsp3) is 0.812. The highest BCUT2D eigenvalue weighted by Gasteiger charge is 2.39. The molecule has 2 aliphatic rings. The summed E-state index contributed by atoms with van der Waals surface area (Å²) in [7, 11) is 0. The minimum absolute atomic E-state index is 0.387. The van der Waals surface area contributed by atoms with Crippen LogP contribution >= 0.6 is 11.6 Å². The van der Waals surface area contributed by atoms with Crippen LogP contribution in [-0.4, -0.2) is 40.3 Å². The van der Waals surface area contributed by atoms with Crippen LogP contribution < -0.4 is 5.32 Å². The van der Waals surface area contributed by atoms with Crippen LogP contribution in [0.25, 0.3) is 0 Å². The van der Waals surface area contributed by atoms with Gasteiger partial charge in [-0.25, -0.2) is 0 Å². The van der Waals surface area contributed by atoms with Crippen LogP contribution in [0.1, 0.15) is 56.3 Å². The topological polar surface area (TPSA) is 44.0 Å². The molecule has 1 aliphatic heterocycles. The number of aryl methyl sites for hydroxylation is 1. The molecule has 2 N–H and O–H groups in total. The van der Waals surface area contributed by atoms with Crippen molar-refractivity contribution in [2.24, 2.45) is 0 Å². The lowest BCUT2D eigenvalue weighted by Gasteiger charge is -2.44. The van der Waals surface area contributed by atoms with Crippen LogP contribution in [0.4, 0.5) is 0 Å². The number of hydrogen-bond donors (Lipinski definition) is 2. The highest BCUT2D eigenvalue weighted by atomic mass is 35.5. The second-order valence-electron chi connectivity index (χ2n) is 6.69. The van der Waals surface area contributed by atoms with E-state index in [9.17, 15) is 0 Å². The Kier molecular flexibility index (Phi) is 4.87. The summed E-state index contributed by atoms with van der Waals surface area (Å²) in [6, 6.07) is 0. The maximum atomic E-state index is 6.24. The van der Waals surface area contributed by atoms with Gasteiger partial charge >= 0.3 is 0 Å². The van der Waals surface area contributed by atoms with E-state index in [4.69, 9.17) is 11.6 Å². The number of aromatic nitrogens is 2. The lowest BCUT2D eigenvalue weighted by Crippen LogP contribution is -2.54. The molecule has 0 bridgehead atoms. The lowest BCUT2D eigenvalue weighted by atomic mass is 9.92. The van der Waals surface area contributed by atoms with Crippen molar-refractivity contribution in [2.75, 3.05) is 19.6 Å². The summed E-state index contributed by atoms with van der Waals surface area (Å²) in [5.74, 6) is 0. The van der Waals surface area contributed by atoms with Gasteiger partial charge in [-0.1, -0.05) is 30.9 Å². The van der Waals surface area contributed by atoms with Crippen LogP contribution in [0, 0.1) is 6.92 Å². The van der Waals surface area contributed by atoms with E-state index in [2.05, 4.69) is 20.4 Å². The zero-order chi connectivity index (χ0) is 14.7. The molecule has 21 heavy (non-hydrogen) atoms. The highest BCUT2D eigenvalue weighted by molar-refractivity contribution is 6.31. The van der Waals surface area contributed by atoms with Crippen molar-refractivity contribution in [3.63, 3.8) is 0 Å². The van der Waals surface area contributed by atoms with Gasteiger partial charge in [0.2, 0.25) is 0 Å². The van der Waals surface area contributed by atoms with Crippen LogP contribution in [0.3, 0.4) is 0 Å². The van der Waals surface area contributed by atoms with Gasteiger partial charge in [-0.2, -0.15) is 5.10 Å². The summed E-state index contributed by atoms with van der Waals surface area (Å²) in [6.45, 7) is 6.35. The third kappa shape index (κ3) is 3.27. The summed E-state index contributed by atoms with van der Waals surface area (Å²) < 4.78 is 0. The van der Waals surface area contributed by atoms with Crippen molar-refractivity contribution in [1.82, 2.24) is 20.4 Å². The van der Waals surface area contributed by atoms with Crippen LogP contribution in [0.2, 0.25) is 5.02 Å². The molecule has 118 valence electrons. The van der Waals surface area contributed by atoms with Gasteiger partial charge in [-0.05, 0) is 45.7 Å². The lowest BCUT2D eigenvalue weighted by molar-refractivity contribution is 0.0695. The maximum Gasteiger partial charge on any atom is 0.0948 e. The van der Waals surface area contributed by atoms with E-state index in [0.717, 1.165) is 29.5 Å². The molecule has 0 atom stereocenters. The maximum absolute atomic E-state index is 6.24. The first kappa shape index (κ1) is 15.3. The molecule has 1 aliphatic carbocycles. The predicted molar refractivity (Wildman–Crippen MR) is 86.7 cm³/mol. The first-order chi connectivity index (χ1) is 10.2. The van der Waals surface area contributed by atoms with Crippen molar-refractivity contribution in [3.8, 4) is 0 Å². The number of piperidine rings is 1. The summed E-state index contributed by atoms with van der Waals surface area (Å²) in [6.07, 6.45) is 9.57. The van der Waals surface area contributed by atoms with Gasteiger partial charge < -0.3 is 5.32 Å². The van der Waals surface area contributed by atoms with Crippen molar-refractivity contribution in [3.05, 3.63) is 16.4 Å². The second kappa shape index (κ2) is 6.67. The SMILES string of the molecule is Cc1[nH]nc(CNCC2(N3CCCCC3)CCCC2)c1Cl.